The third kappa shape index (κ3) is 9.60. The van der Waals surface area contributed by atoms with Gasteiger partial charge in [-0.15, -0.1) is 0 Å². The molecular formula is C13H22O4. The molecule has 0 heterocycles. The van der Waals surface area contributed by atoms with E-state index in [1.807, 2.05) is 27.7 Å². The van der Waals surface area contributed by atoms with Crippen LogP contribution >= 0.6 is 0 Å². The number of hydrogen-bond donors (Lipinski definition) is 0. The third-order valence-corrected chi connectivity index (χ3v) is 1.93. The van der Waals surface area contributed by atoms with Crippen LogP contribution in [0.5, 0.6) is 0 Å². The van der Waals surface area contributed by atoms with Crippen molar-refractivity contribution >= 4 is 11.9 Å². The molecule has 0 amide bonds. The zero-order valence-corrected chi connectivity index (χ0v) is 11.1. The Kier molecular flexibility index (Phi) is 8.11. The van der Waals surface area contributed by atoms with Crippen LogP contribution in [0.3, 0.4) is 0 Å². The fraction of sp³-hybridized carbons (Fsp3) is 0.692. The van der Waals surface area contributed by atoms with Gasteiger partial charge in [-0.3, -0.25) is 0 Å². The normalized spacial score (nSPS) is 12.8. The molecule has 1 unspecified atom stereocenters. The van der Waals surface area contributed by atoms with Gasteiger partial charge in [0.05, 0.1) is 12.7 Å². The minimum atomic E-state index is -0.515. The molecule has 0 saturated carbocycles. The predicted molar refractivity (Wildman–Crippen MR) is 65.4 cm³/mol. The zero-order valence-electron chi connectivity index (χ0n) is 11.1. The van der Waals surface area contributed by atoms with E-state index >= 15 is 0 Å². The van der Waals surface area contributed by atoms with Gasteiger partial charge < -0.3 is 9.47 Å². The van der Waals surface area contributed by atoms with Crippen molar-refractivity contribution in [2.75, 3.05) is 6.61 Å². The van der Waals surface area contributed by atoms with Crippen molar-refractivity contribution < 1.29 is 19.1 Å². The molecule has 0 aliphatic carbocycles. The Balaban J connectivity index is 3.90. The Labute approximate surface area is 103 Å². The Morgan fingerprint density at radius 1 is 1.12 bits per heavy atom. The molecule has 0 rings (SSSR count). The maximum absolute atomic E-state index is 11.3. The number of esters is 2. The summed E-state index contributed by atoms with van der Waals surface area (Å²) >= 11 is 0. The fourth-order valence-corrected chi connectivity index (χ4v) is 1.14. The summed E-state index contributed by atoms with van der Waals surface area (Å²) in [5.41, 5.74) is 0. The van der Waals surface area contributed by atoms with Crippen LogP contribution in [0.15, 0.2) is 12.2 Å². The number of carbonyl (C=O) groups is 2. The summed E-state index contributed by atoms with van der Waals surface area (Å²) in [6.07, 6.45) is 3.85. The summed E-state index contributed by atoms with van der Waals surface area (Å²) in [5.74, 6) is -0.741. The molecule has 17 heavy (non-hydrogen) atoms. The summed E-state index contributed by atoms with van der Waals surface area (Å²) < 4.78 is 9.91. The van der Waals surface area contributed by atoms with Crippen molar-refractivity contribution in [3.8, 4) is 0 Å². The van der Waals surface area contributed by atoms with E-state index in [2.05, 4.69) is 0 Å². The van der Waals surface area contributed by atoms with Gasteiger partial charge >= 0.3 is 11.9 Å². The molecule has 4 nitrogen and oxygen atoms in total. The largest absolute Gasteiger partial charge is 0.462 e. The molecule has 4 heteroatoms. The Morgan fingerprint density at radius 2 is 1.71 bits per heavy atom. The molecular weight excluding hydrogens is 220 g/mol. The molecule has 0 spiro atoms. The monoisotopic (exact) mass is 242 g/mol. The van der Waals surface area contributed by atoms with Gasteiger partial charge in [-0.2, -0.15) is 0 Å². The van der Waals surface area contributed by atoms with Gasteiger partial charge in [-0.1, -0.05) is 27.2 Å². The molecule has 0 fully saturated rings. The lowest BCUT2D eigenvalue weighted by Crippen LogP contribution is -2.13. The smallest absolute Gasteiger partial charge is 0.331 e. The maximum Gasteiger partial charge on any atom is 0.331 e. The van der Waals surface area contributed by atoms with E-state index in [4.69, 9.17) is 9.47 Å². The van der Waals surface area contributed by atoms with E-state index in [0.717, 1.165) is 25.0 Å². The molecule has 98 valence electrons. The van der Waals surface area contributed by atoms with Gasteiger partial charge in [0.25, 0.3) is 0 Å². The minimum absolute atomic E-state index is 0.121. The van der Waals surface area contributed by atoms with Gasteiger partial charge in [0.1, 0.15) is 0 Å². The molecule has 0 aliphatic heterocycles. The SMILES string of the molecule is CCCC(C)OC(=O)/C=C/C(=O)OCC(C)C. The van der Waals surface area contributed by atoms with Crippen LogP contribution in [-0.4, -0.2) is 24.6 Å². The lowest BCUT2D eigenvalue weighted by molar-refractivity contribution is -0.143. The van der Waals surface area contributed by atoms with Crippen molar-refractivity contribution in [3.05, 3.63) is 12.2 Å². The number of hydrogen-bond acceptors (Lipinski definition) is 4. The van der Waals surface area contributed by atoms with Crippen molar-refractivity contribution in [1.29, 1.82) is 0 Å². The zero-order chi connectivity index (χ0) is 13.3. The standard InChI is InChI=1S/C13H22O4/c1-5-6-11(4)17-13(15)8-7-12(14)16-9-10(2)3/h7-8,10-11H,5-6,9H2,1-4H3/b8-7+. The minimum Gasteiger partial charge on any atom is -0.462 e. The first-order valence-electron chi connectivity index (χ1n) is 6.01. The van der Waals surface area contributed by atoms with Crippen molar-refractivity contribution in [2.45, 2.75) is 46.6 Å². The number of rotatable bonds is 7. The highest BCUT2D eigenvalue weighted by Crippen LogP contribution is 2.01. The lowest BCUT2D eigenvalue weighted by atomic mass is 10.2. The van der Waals surface area contributed by atoms with Crippen LogP contribution in [0, 0.1) is 5.92 Å². The van der Waals surface area contributed by atoms with E-state index < -0.39 is 11.9 Å². The van der Waals surface area contributed by atoms with Gasteiger partial charge in [-0.05, 0) is 19.3 Å². The van der Waals surface area contributed by atoms with Crippen molar-refractivity contribution in [3.63, 3.8) is 0 Å². The number of ether oxygens (including phenoxy) is 2. The lowest BCUT2D eigenvalue weighted by Gasteiger charge is -2.09. The Hall–Kier alpha value is -1.32. The Bertz CT molecular complexity index is 269. The molecule has 0 aromatic rings. The van der Waals surface area contributed by atoms with Gasteiger partial charge in [0, 0.05) is 12.2 Å². The van der Waals surface area contributed by atoms with Crippen molar-refractivity contribution in [2.24, 2.45) is 5.92 Å². The number of carbonyl (C=O) groups excluding carboxylic acids is 2. The van der Waals surface area contributed by atoms with Gasteiger partial charge in [0.2, 0.25) is 0 Å². The molecule has 0 bridgehead atoms. The molecule has 0 saturated heterocycles. The molecule has 1 atom stereocenters. The van der Waals surface area contributed by atoms with E-state index in [1.54, 1.807) is 0 Å². The van der Waals surface area contributed by atoms with Crippen LogP contribution in [0.2, 0.25) is 0 Å². The third-order valence-electron chi connectivity index (χ3n) is 1.93. The van der Waals surface area contributed by atoms with E-state index in [0.29, 0.717) is 6.61 Å². The highest BCUT2D eigenvalue weighted by Gasteiger charge is 2.06. The van der Waals surface area contributed by atoms with Crippen molar-refractivity contribution in [1.82, 2.24) is 0 Å². The first-order chi connectivity index (χ1) is 7.95. The highest BCUT2D eigenvalue weighted by molar-refractivity contribution is 5.91. The summed E-state index contributed by atoms with van der Waals surface area (Å²) in [5, 5.41) is 0. The summed E-state index contributed by atoms with van der Waals surface area (Å²) in [6, 6.07) is 0. The van der Waals surface area contributed by atoms with Crippen LogP contribution in [-0.2, 0) is 19.1 Å². The van der Waals surface area contributed by atoms with E-state index in [9.17, 15) is 9.59 Å². The summed E-state index contributed by atoms with van der Waals surface area (Å²) in [6.45, 7) is 8.08. The first kappa shape index (κ1) is 15.7. The maximum atomic E-state index is 11.3. The average Bonchev–Trinajstić information content (AvgIpc) is 2.23. The van der Waals surface area contributed by atoms with Crippen LogP contribution < -0.4 is 0 Å². The van der Waals surface area contributed by atoms with Crippen LogP contribution in [0.25, 0.3) is 0 Å². The molecule has 0 aliphatic rings. The second kappa shape index (κ2) is 8.79. The average molecular weight is 242 g/mol. The predicted octanol–water partition coefficient (Wildman–Crippen LogP) is 2.47. The molecule has 0 radical (unpaired) electrons. The summed E-state index contributed by atoms with van der Waals surface area (Å²) in [4.78, 5) is 22.4. The molecule has 0 N–H and O–H groups in total. The van der Waals surface area contributed by atoms with E-state index in [1.165, 1.54) is 0 Å². The van der Waals surface area contributed by atoms with Crippen LogP contribution in [0.1, 0.15) is 40.5 Å². The second-order valence-corrected chi connectivity index (χ2v) is 4.39. The quantitative estimate of drug-likeness (QED) is 0.508. The Morgan fingerprint density at radius 3 is 2.24 bits per heavy atom. The molecule has 0 aromatic carbocycles. The van der Waals surface area contributed by atoms with E-state index in [-0.39, 0.29) is 12.0 Å². The first-order valence-corrected chi connectivity index (χ1v) is 6.01. The van der Waals surface area contributed by atoms with Gasteiger partial charge in [-0.25, -0.2) is 9.59 Å². The molecule has 0 aromatic heterocycles. The summed E-state index contributed by atoms with van der Waals surface area (Å²) in [7, 11) is 0. The fourth-order valence-electron chi connectivity index (χ4n) is 1.14. The highest BCUT2D eigenvalue weighted by atomic mass is 16.5. The topological polar surface area (TPSA) is 52.6 Å². The second-order valence-electron chi connectivity index (χ2n) is 4.39. The van der Waals surface area contributed by atoms with Gasteiger partial charge in [0.15, 0.2) is 0 Å². The van der Waals surface area contributed by atoms with Crippen LogP contribution in [0.4, 0.5) is 0 Å².